The summed E-state index contributed by atoms with van der Waals surface area (Å²) in [7, 11) is 0. The number of aromatic nitrogens is 3. The quantitative estimate of drug-likeness (QED) is 0.846. The summed E-state index contributed by atoms with van der Waals surface area (Å²) in [4.78, 5) is 19.2. The zero-order valence-electron chi connectivity index (χ0n) is 13.6. The van der Waals surface area contributed by atoms with Crippen molar-refractivity contribution in [2.75, 3.05) is 24.5 Å². The molecule has 0 radical (unpaired) electrons. The topological polar surface area (TPSA) is 91.2 Å². The Balaban J connectivity index is 1.62. The number of aliphatic hydroxyl groups is 1. The van der Waals surface area contributed by atoms with E-state index in [2.05, 4.69) is 24.8 Å². The molecular weight excluding hydrogens is 326 g/mol. The van der Waals surface area contributed by atoms with Gasteiger partial charge in [0.2, 0.25) is 0 Å². The van der Waals surface area contributed by atoms with Gasteiger partial charge in [0.05, 0.1) is 11.3 Å². The lowest BCUT2D eigenvalue weighted by Gasteiger charge is -2.39. The highest BCUT2D eigenvalue weighted by Crippen LogP contribution is 2.24. The molecule has 8 heteroatoms. The van der Waals surface area contributed by atoms with Crippen molar-refractivity contribution < 1.29 is 9.90 Å². The number of nitrogens with zero attached hydrogens (tertiary/aromatic N) is 4. The largest absolute Gasteiger partial charge is 0.386 e. The van der Waals surface area contributed by atoms with Crippen LogP contribution < -0.4 is 10.2 Å². The van der Waals surface area contributed by atoms with E-state index >= 15 is 0 Å². The molecular formula is C16H21N5O2S. The summed E-state index contributed by atoms with van der Waals surface area (Å²) >= 11 is 1.09. The van der Waals surface area contributed by atoms with Crippen LogP contribution in [0.4, 0.5) is 5.82 Å². The highest BCUT2D eigenvalue weighted by molar-refractivity contribution is 7.08. The average molecular weight is 347 g/mol. The van der Waals surface area contributed by atoms with Crippen molar-refractivity contribution in [3.8, 4) is 0 Å². The number of aryl methyl sites for hydroxylation is 1. The second-order valence-corrected chi connectivity index (χ2v) is 6.78. The molecule has 3 heterocycles. The van der Waals surface area contributed by atoms with Crippen LogP contribution in [0, 0.1) is 0 Å². The molecule has 0 aliphatic carbocycles. The Bertz CT molecular complexity index is 693. The number of β-amino-alcohol motifs (C(OH)–C–C–N with tert-alkyl or cyclic N) is 1. The fraction of sp³-hybridized carbons (Fsp3) is 0.500. The first-order valence-electron chi connectivity index (χ1n) is 8.09. The number of anilines is 1. The van der Waals surface area contributed by atoms with E-state index in [0.717, 1.165) is 30.3 Å². The molecule has 7 nitrogen and oxygen atoms in total. The standard InChI is InChI=1S/C16H21N5O2S/c1-2-12-14(24-20-19-12)15(22)18-10-16(23)7-5-9-21(11-16)13-6-3-4-8-17-13/h3-4,6,8,23H,2,5,7,9-11H2,1H3,(H,18,22). The van der Waals surface area contributed by atoms with Crippen LogP contribution in [0.5, 0.6) is 0 Å². The summed E-state index contributed by atoms with van der Waals surface area (Å²) in [6.45, 7) is 3.45. The Morgan fingerprint density at radius 2 is 2.38 bits per heavy atom. The van der Waals surface area contributed by atoms with Crippen LogP contribution in [0.3, 0.4) is 0 Å². The molecule has 0 spiro atoms. The molecule has 1 saturated heterocycles. The molecule has 3 rings (SSSR count). The predicted molar refractivity (Wildman–Crippen MR) is 92.3 cm³/mol. The average Bonchev–Trinajstić information content (AvgIpc) is 3.09. The first-order valence-corrected chi connectivity index (χ1v) is 8.86. The highest BCUT2D eigenvalue weighted by Gasteiger charge is 2.34. The lowest BCUT2D eigenvalue weighted by molar-refractivity contribution is 0.0255. The number of amides is 1. The van der Waals surface area contributed by atoms with E-state index in [0.29, 0.717) is 30.0 Å². The molecule has 1 amide bonds. The molecule has 2 aromatic rings. The Kier molecular flexibility index (Phi) is 5.06. The minimum Gasteiger partial charge on any atom is -0.386 e. The second-order valence-electron chi connectivity index (χ2n) is 6.02. The van der Waals surface area contributed by atoms with Crippen molar-refractivity contribution in [3.05, 3.63) is 35.0 Å². The number of piperidine rings is 1. The molecule has 1 aliphatic rings. The number of hydrogen-bond donors (Lipinski definition) is 2. The van der Waals surface area contributed by atoms with Crippen molar-refractivity contribution in [2.24, 2.45) is 0 Å². The van der Waals surface area contributed by atoms with Crippen LogP contribution in [0.15, 0.2) is 24.4 Å². The van der Waals surface area contributed by atoms with Gasteiger partial charge in [-0.1, -0.05) is 17.5 Å². The zero-order chi connectivity index (χ0) is 17.0. The van der Waals surface area contributed by atoms with Gasteiger partial charge in [0.15, 0.2) is 0 Å². The molecule has 24 heavy (non-hydrogen) atoms. The first-order chi connectivity index (χ1) is 11.6. The lowest BCUT2D eigenvalue weighted by atomic mass is 9.92. The SMILES string of the molecule is CCc1nnsc1C(=O)NCC1(O)CCCN(c2ccccn2)C1. The summed E-state index contributed by atoms with van der Waals surface area (Å²) < 4.78 is 3.83. The minimum atomic E-state index is -0.962. The number of nitrogens with one attached hydrogen (secondary N) is 1. The molecule has 1 unspecified atom stereocenters. The summed E-state index contributed by atoms with van der Waals surface area (Å²) in [5.41, 5.74) is -0.265. The maximum absolute atomic E-state index is 12.3. The number of rotatable bonds is 5. The third-order valence-electron chi connectivity index (χ3n) is 4.20. The smallest absolute Gasteiger partial charge is 0.265 e. The zero-order valence-corrected chi connectivity index (χ0v) is 14.4. The highest BCUT2D eigenvalue weighted by atomic mass is 32.1. The predicted octanol–water partition coefficient (Wildman–Crippen LogP) is 1.26. The van der Waals surface area contributed by atoms with Gasteiger partial charge in [-0.15, -0.1) is 5.10 Å². The maximum Gasteiger partial charge on any atom is 0.265 e. The summed E-state index contributed by atoms with van der Waals surface area (Å²) in [6, 6.07) is 5.73. The van der Waals surface area contributed by atoms with E-state index in [1.54, 1.807) is 6.20 Å². The van der Waals surface area contributed by atoms with Gasteiger partial charge in [0.1, 0.15) is 10.7 Å². The van der Waals surface area contributed by atoms with E-state index < -0.39 is 5.60 Å². The third kappa shape index (κ3) is 3.70. The molecule has 0 bridgehead atoms. The van der Waals surface area contributed by atoms with Gasteiger partial charge in [0, 0.05) is 25.8 Å². The van der Waals surface area contributed by atoms with Gasteiger partial charge < -0.3 is 15.3 Å². The number of hydrogen-bond acceptors (Lipinski definition) is 7. The van der Waals surface area contributed by atoms with Crippen LogP contribution >= 0.6 is 11.5 Å². The fourth-order valence-corrected chi connectivity index (χ4v) is 3.60. The molecule has 2 N–H and O–H groups in total. The summed E-state index contributed by atoms with van der Waals surface area (Å²) in [5, 5.41) is 17.6. The van der Waals surface area contributed by atoms with Crippen molar-refractivity contribution in [3.63, 3.8) is 0 Å². The van der Waals surface area contributed by atoms with Gasteiger partial charge in [0.25, 0.3) is 5.91 Å². The number of pyridine rings is 1. The lowest BCUT2D eigenvalue weighted by Crippen LogP contribution is -2.54. The minimum absolute atomic E-state index is 0.205. The van der Waals surface area contributed by atoms with E-state index in [1.807, 2.05) is 25.1 Å². The Morgan fingerprint density at radius 1 is 1.50 bits per heavy atom. The van der Waals surface area contributed by atoms with E-state index in [-0.39, 0.29) is 12.5 Å². The third-order valence-corrected chi connectivity index (χ3v) is 4.97. The maximum atomic E-state index is 12.3. The van der Waals surface area contributed by atoms with Crippen LogP contribution in [-0.2, 0) is 6.42 Å². The van der Waals surface area contributed by atoms with Gasteiger partial charge >= 0.3 is 0 Å². The normalized spacial score (nSPS) is 20.8. The molecule has 1 atom stereocenters. The monoisotopic (exact) mass is 347 g/mol. The molecule has 0 aromatic carbocycles. The molecule has 2 aromatic heterocycles. The van der Waals surface area contributed by atoms with Crippen molar-refractivity contribution in [2.45, 2.75) is 31.8 Å². The molecule has 1 aliphatic heterocycles. The Hall–Kier alpha value is -2.06. The van der Waals surface area contributed by atoms with Crippen LogP contribution in [-0.4, -0.2) is 50.8 Å². The first kappa shape index (κ1) is 16.8. The van der Waals surface area contributed by atoms with Crippen LogP contribution in [0.2, 0.25) is 0 Å². The molecule has 1 fully saturated rings. The summed E-state index contributed by atoms with van der Waals surface area (Å²) in [6.07, 6.45) is 3.91. The van der Waals surface area contributed by atoms with Crippen LogP contribution in [0.1, 0.15) is 35.1 Å². The van der Waals surface area contributed by atoms with Gasteiger partial charge in [-0.2, -0.15) is 0 Å². The van der Waals surface area contributed by atoms with Gasteiger partial charge in [-0.25, -0.2) is 4.98 Å². The summed E-state index contributed by atoms with van der Waals surface area (Å²) in [5.74, 6) is 0.632. The van der Waals surface area contributed by atoms with Crippen molar-refractivity contribution in [1.82, 2.24) is 19.9 Å². The van der Waals surface area contributed by atoms with Gasteiger partial charge in [-0.3, -0.25) is 4.79 Å². The van der Waals surface area contributed by atoms with E-state index in [4.69, 9.17) is 0 Å². The van der Waals surface area contributed by atoms with E-state index in [1.165, 1.54) is 0 Å². The van der Waals surface area contributed by atoms with E-state index in [9.17, 15) is 9.90 Å². The molecule has 128 valence electrons. The Morgan fingerprint density at radius 3 is 3.12 bits per heavy atom. The number of carbonyl (C=O) groups excluding carboxylic acids is 1. The number of carbonyl (C=O) groups is 1. The van der Waals surface area contributed by atoms with Gasteiger partial charge in [-0.05, 0) is 42.9 Å². The van der Waals surface area contributed by atoms with Crippen molar-refractivity contribution >= 4 is 23.3 Å². The fourth-order valence-electron chi connectivity index (χ4n) is 2.93. The van der Waals surface area contributed by atoms with Crippen molar-refractivity contribution in [1.29, 1.82) is 0 Å². The van der Waals surface area contributed by atoms with Crippen LogP contribution in [0.25, 0.3) is 0 Å². The molecule has 0 saturated carbocycles. The Labute approximate surface area is 144 Å². The second kappa shape index (κ2) is 7.23.